The molecule has 28 heavy (non-hydrogen) atoms. The number of H-pyrrole nitrogens is 1. The van der Waals surface area contributed by atoms with E-state index in [-0.39, 0.29) is 17.2 Å². The van der Waals surface area contributed by atoms with Crippen molar-refractivity contribution in [3.05, 3.63) is 51.7 Å². The van der Waals surface area contributed by atoms with Crippen molar-refractivity contribution in [2.45, 2.75) is 37.1 Å². The number of thioether (sulfide) groups is 1. The molecule has 3 rings (SSSR count). The summed E-state index contributed by atoms with van der Waals surface area (Å²) in [4.78, 5) is 40.1. The molecule has 1 heterocycles. The smallest absolute Gasteiger partial charge is 0.344 e. The Balaban J connectivity index is 1.67. The van der Waals surface area contributed by atoms with Crippen LogP contribution in [0.5, 0.6) is 0 Å². The Morgan fingerprint density at radius 2 is 2.07 bits per heavy atom. The second-order valence-corrected chi connectivity index (χ2v) is 7.68. The number of nitrogens with one attached hydrogen (secondary N) is 2. The highest BCUT2D eigenvalue weighted by Crippen LogP contribution is 2.22. The summed E-state index contributed by atoms with van der Waals surface area (Å²) in [5, 5.41) is 3.67. The lowest BCUT2D eigenvalue weighted by Crippen LogP contribution is -2.27. The number of aromatic nitrogens is 1. The zero-order valence-corrected chi connectivity index (χ0v) is 16.7. The number of allylic oxidation sites excluding steroid dienone is 1. The van der Waals surface area contributed by atoms with Gasteiger partial charge < -0.3 is 15.0 Å². The van der Waals surface area contributed by atoms with Crippen LogP contribution in [-0.4, -0.2) is 36.3 Å². The van der Waals surface area contributed by atoms with Crippen LogP contribution in [0.25, 0.3) is 10.9 Å². The second kappa shape index (κ2) is 9.59. The lowest BCUT2D eigenvalue weighted by molar-refractivity contribution is -0.118. The molecule has 148 valence electrons. The van der Waals surface area contributed by atoms with Crippen LogP contribution in [0.15, 0.2) is 45.7 Å². The average Bonchev–Trinajstić information content (AvgIpc) is 2.72. The zero-order valence-electron chi connectivity index (χ0n) is 15.9. The average molecular weight is 401 g/mol. The highest BCUT2D eigenvalue weighted by atomic mass is 32.2. The molecule has 0 fully saturated rings. The fourth-order valence-electron chi connectivity index (χ4n) is 3.29. The molecule has 2 aromatic rings. The molecule has 0 bridgehead atoms. The highest BCUT2D eigenvalue weighted by Gasteiger charge is 2.20. The summed E-state index contributed by atoms with van der Waals surface area (Å²) in [7, 11) is 1.23. The molecule has 0 saturated carbocycles. The molecule has 2 N–H and O–H groups in total. The molecule has 1 amide bonds. The third kappa shape index (κ3) is 4.84. The van der Waals surface area contributed by atoms with Gasteiger partial charge in [-0.1, -0.05) is 35.5 Å². The normalized spacial score (nSPS) is 13.8. The molecule has 0 spiro atoms. The lowest BCUT2D eigenvalue weighted by atomic mass is 9.97. The number of amides is 1. The largest absolute Gasteiger partial charge is 0.465 e. The van der Waals surface area contributed by atoms with Crippen molar-refractivity contribution in [1.82, 2.24) is 10.3 Å². The van der Waals surface area contributed by atoms with Crippen LogP contribution in [0, 0.1) is 0 Å². The Hall–Kier alpha value is -2.54. The third-order valence-electron chi connectivity index (χ3n) is 4.76. The van der Waals surface area contributed by atoms with E-state index in [1.807, 2.05) is 0 Å². The Kier molecular flexibility index (Phi) is 6.92. The Morgan fingerprint density at radius 3 is 2.82 bits per heavy atom. The Morgan fingerprint density at radius 1 is 1.25 bits per heavy atom. The van der Waals surface area contributed by atoms with Crippen molar-refractivity contribution >= 4 is 34.5 Å². The minimum Gasteiger partial charge on any atom is -0.465 e. The van der Waals surface area contributed by atoms with E-state index in [0.717, 1.165) is 31.0 Å². The molecule has 1 aromatic heterocycles. The van der Waals surface area contributed by atoms with Crippen LogP contribution in [0.3, 0.4) is 0 Å². The van der Waals surface area contributed by atoms with Gasteiger partial charge in [0.1, 0.15) is 5.56 Å². The minimum atomic E-state index is -0.709. The number of hydrogen-bond donors (Lipinski definition) is 2. The number of rotatable bonds is 7. The Bertz CT molecular complexity index is 965. The summed E-state index contributed by atoms with van der Waals surface area (Å²) in [6.45, 7) is 0.601. The fraction of sp³-hybridized carbons (Fsp3) is 0.381. The number of methoxy groups -OCH3 is 1. The standard InChI is InChI=1S/C21H24N2O4S/c1-27-21(26)18-19(25)15-9-5-6-10-16(15)23-20(18)28-13-17(24)22-12-11-14-7-3-2-4-8-14/h5-7,9-10H,2-4,8,11-13H2,1H3,(H,22,24)(H,23,25). The Labute approximate surface area is 167 Å². The van der Waals surface area contributed by atoms with E-state index in [9.17, 15) is 14.4 Å². The topological polar surface area (TPSA) is 88.3 Å². The van der Waals surface area contributed by atoms with Crippen LogP contribution < -0.4 is 10.7 Å². The van der Waals surface area contributed by atoms with E-state index in [0.29, 0.717) is 22.5 Å². The number of esters is 1. The lowest BCUT2D eigenvalue weighted by Gasteiger charge is -2.13. The maximum absolute atomic E-state index is 12.7. The van der Waals surface area contributed by atoms with Crippen LogP contribution in [0.1, 0.15) is 42.5 Å². The molecule has 7 heteroatoms. The first-order valence-corrected chi connectivity index (χ1v) is 10.4. The van der Waals surface area contributed by atoms with Gasteiger partial charge in [-0.3, -0.25) is 9.59 Å². The molecule has 0 atom stereocenters. The molecule has 6 nitrogen and oxygen atoms in total. The van der Waals surface area contributed by atoms with Gasteiger partial charge in [0.05, 0.1) is 23.4 Å². The van der Waals surface area contributed by atoms with Gasteiger partial charge >= 0.3 is 5.97 Å². The first kappa shape index (κ1) is 20.2. The van der Waals surface area contributed by atoms with Gasteiger partial charge in [0.2, 0.25) is 11.3 Å². The van der Waals surface area contributed by atoms with E-state index in [1.165, 1.54) is 25.5 Å². The minimum absolute atomic E-state index is 0.0636. The quantitative estimate of drug-likeness (QED) is 0.422. The van der Waals surface area contributed by atoms with Crippen LogP contribution in [0.2, 0.25) is 0 Å². The first-order chi connectivity index (χ1) is 13.6. The van der Waals surface area contributed by atoms with Gasteiger partial charge in [0.25, 0.3) is 0 Å². The van der Waals surface area contributed by atoms with Crippen molar-refractivity contribution in [2.24, 2.45) is 0 Å². The van der Waals surface area contributed by atoms with Gasteiger partial charge in [-0.05, 0) is 44.2 Å². The summed E-state index contributed by atoms with van der Waals surface area (Å²) in [5.41, 5.74) is 1.57. The van der Waals surface area contributed by atoms with Gasteiger partial charge in [-0.15, -0.1) is 0 Å². The zero-order chi connectivity index (χ0) is 19.9. The molecule has 0 radical (unpaired) electrons. The van der Waals surface area contributed by atoms with Gasteiger partial charge in [0.15, 0.2) is 0 Å². The predicted molar refractivity (Wildman–Crippen MR) is 111 cm³/mol. The number of hydrogen-bond acceptors (Lipinski definition) is 5. The van der Waals surface area contributed by atoms with E-state index < -0.39 is 11.4 Å². The molecule has 0 aliphatic heterocycles. The monoisotopic (exact) mass is 400 g/mol. The highest BCUT2D eigenvalue weighted by molar-refractivity contribution is 8.00. The van der Waals surface area contributed by atoms with Crippen LogP contribution in [0.4, 0.5) is 0 Å². The number of fused-ring (bicyclic) bond motifs is 1. The summed E-state index contributed by atoms with van der Waals surface area (Å²) < 4.78 is 4.77. The number of para-hydroxylation sites is 1. The number of ether oxygens (including phenoxy) is 1. The van der Waals surface area contributed by atoms with Crippen molar-refractivity contribution in [1.29, 1.82) is 0 Å². The van der Waals surface area contributed by atoms with Crippen LogP contribution >= 0.6 is 11.8 Å². The van der Waals surface area contributed by atoms with Gasteiger partial charge in [-0.25, -0.2) is 4.79 Å². The third-order valence-corrected chi connectivity index (χ3v) is 5.77. The molecule has 1 aromatic carbocycles. The van der Waals surface area contributed by atoms with Crippen molar-refractivity contribution in [3.63, 3.8) is 0 Å². The molecular weight excluding hydrogens is 376 g/mol. The summed E-state index contributed by atoms with van der Waals surface area (Å²) in [6, 6.07) is 6.96. The molecular formula is C21H24N2O4S. The molecule has 0 saturated heterocycles. The first-order valence-electron chi connectivity index (χ1n) is 9.41. The number of carbonyl (C=O) groups excluding carboxylic acids is 2. The van der Waals surface area contributed by atoms with Crippen molar-refractivity contribution in [2.75, 3.05) is 19.4 Å². The SMILES string of the molecule is COC(=O)c1c(SCC(=O)NCCC2=CCCCC2)[nH]c2ccccc2c1=O. The maximum Gasteiger partial charge on any atom is 0.344 e. The summed E-state index contributed by atoms with van der Waals surface area (Å²) in [5.74, 6) is -0.734. The summed E-state index contributed by atoms with van der Waals surface area (Å²) in [6.07, 6.45) is 7.86. The fourth-order valence-corrected chi connectivity index (χ4v) is 4.17. The van der Waals surface area contributed by atoms with E-state index in [4.69, 9.17) is 4.74 Å². The summed E-state index contributed by atoms with van der Waals surface area (Å²) >= 11 is 1.13. The van der Waals surface area contributed by atoms with Gasteiger partial charge in [-0.2, -0.15) is 0 Å². The van der Waals surface area contributed by atoms with E-state index in [2.05, 4.69) is 16.4 Å². The number of benzene rings is 1. The predicted octanol–water partition coefficient (Wildman–Crippen LogP) is 3.41. The van der Waals surface area contributed by atoms with Crippen LogP contribution in [-0.2, 0) is 9.53 Å². The second-order valence-electron chi connectivity index (χ2n) is 6.69. The number of pyridine rings is 1. The van der Waals surface area contributed by atoms with Gasteiger partial charge in [0, 0.05) is 11.9 Å². The van der Waals surface area contributed by atoms with E-state index in [1.54, 1.807) is 24.3 Å². The maximum atomic E-state index is 12.7. The van der Waals surface area contributed by atoms with Crippen molar-refractivity contribution in [3.8, 4) is 0 Å². The van der Waals surface area contributed by atoms with E-state index >= 15 is 0 Å². The molecule has 0 unspecified atom stereocenters. The molecule has 1 aliphatic carbocycles. The molecule has 1 aliphatic rings. The number of aromatic amines is 1. The van der Waals surface area contributed by atoms with Crippen molar-refractivity contribution < 1.29 is 14.3 Å². The number of carbonyl (C=O) groups is 2.